The molecule has 2 fully saturated rings. The standard InChI is InChI=1S/C22H26FNO3/c1-26-21-6-5-15(11-24-12-17-9-20(25)10-18(17)13-24)8-22(21)27-14-16-3-2-4-19(23)7-16/h2-8,17-18,20,25H,9-14H2,1H3/t17-,18+,20?. The van der Waals surface area contributed by atoms with Gasteiger partial charge in [-0.25, -0.2) is 4.39 Å². The Labute approximate surface area is 159 Å². The second-order valence-electron chi connectivity index (χ2n) is 7.74. The molecule has 2 aromatic carbocycles. The summed E-state index contributed by atoms with van der Waals surface area (Å²) in [5.74, 6) is 2.34. The average Bonchev–Trinajstić information content (AvgIpc) is 3.16. The second-order valence-corrected chi connectivity index (χ2v) is 7.74. The van der Waals surface area contributed by atoms with Crippen molar-refractivity contribution in [3.8, 4) is 11.5 Å². The van der Waals surface area contributed by atoms with E-state index >= 15 is 0 Å². The first-order chi connectivity index (χ1) is 13.1. The molecule has 1 saturated carbocycles. The molecule has 2 aliphatic rings. The van der Waals surface area contributed by atoms with Crippen molar-refractivity contribution in [1.82, 2.24) is 4.90 Å². The van der Waals surface area contributed by atoms with E-state index in [1.165, 1.54) is 17.7 Å². The van der Waals surface area contributed by atoms with Crippen LogP contribution in [-0.4, -0.2) is 36.3 Å². The zero-order valence-electron chi connectivity index (χ0n) is 15.6. The maximum absolute atomic E-state index is 13.3. The van der Waals surface area contributed by atoms with E-state index in [1.807, 2.05) is 18.2 Å². The van der Waals surface area contributed by atoms with Gasteiger partial charge in [-0.3, -0.25) is 4.90 Å². The van der Waals surface area contributed by atoms with E-state index in [-0.39, 0.29) is 11.9 Å². The normalized spacial score (nSPS) is 24.8. The summed E-state index contributed by atoms with van der Waals surface area (Å²) in [6.07, 6.45) is 1.77. The van der Waals surface area contributed by atoms with Crippen molar-refractivity contribution in [2.75, 3.05) is 20.2 Å². The first kappa shape index (κ1) is 18.3. The third kappa shape index (κ3) is 4.25. The summed E-state index contributed by atoms with van der Waals surface area (Å²) < 4.78 is 24.7. The quantitative estimate of drug-likeness (QED) is 0.842. The van der Waals surface area contributed by atoms with Gasteiger partial charge in [0.25, 0.3) is 0 Å². The number of likely N-dealkylation sites (tertiary alicyclic amines) is 1. The summed E-state index contributed by atoms with van der Waals surface area (Å²) >= 11 is 0. The number of aliphatic hydroxyl groups is 1. The fraction of sp³-hybridized carbons (Fsp3) is 0.455. The highest BCUT2D eigenvalue weighted by molar-refractivity contribution is 5.43. The van der Waals surface area contributed by atoms with Crippen LogP contribution in [-0.2, 0) is 13.2 Å². The van der Waals surface area contributed by atoms with Crippen molar-refractivity contribution in [1.29, 1.82) is 0 Å². The topological polar surface area (TPSA) is 41.9 Å². The Morgan fingerprint density at radius 1 is 1.04 bits per heavy atom. The van der Waals surface area contributed by atoms with Crippen LogP contribution < -0.4 is 9.47 Å². The number of rotatable bonds is 6. The molecule has 1 N–H and O–H groups in total. The second kappa shape index (κ2) is 7.87. The molecule has 4 rings (SSSR count). The van der Waals surface area contributed by atoms with E-state index in [9.17, 15) is 9.50 Å². The Balaban J connectivity index is 1.41. The number of nitrogens with zero attached hydrogens (tertiary/aromatic N) is 1. The van der Waals surface area contributed by atoms with Gasteiger partial charge in [0.05, 0.1) is 13.2 Å². The molecule has 0 amide bonds. The van der Waals surface area contributed by atoms with Crippen LogP contribution in [0.1, 0.15) is 24.0 Å². The summed E-state index contributed by atoms with van der Waals surface area (Å²) in [6, 6.07) is 12.4. The van der Waals surface area contributed by atoms with Crippen molar-refractivity contribution in [2.24, 2.45) is 11.8 Å². The molecule has 1 unspecified atom stereocenters. The van der Waals surface area contributed by atoms with Crippen molar-refractivity contribution in [2.45, 2.75) is 32.1 Å². The Kier molecular flexibility index (Phi) is 5.32. The van der Waals surface area contributed by atoms with Gasteiger partial charge in [0, 0.05) is 19.6 Å². The van der Waals surface area contributed by atoms with Gasteiger partial charge in [-0.2, -0.15) is 0 Å². The number of aliphatic hydroxyl groups excluding tert-OH is 1. The van der Waals surface area contributed by atoms with Gasteiger partial charge in [-0.1, -0.05) is 18.2 Å². The van der Waals surface area contributed by atoms with Crippen LogP contribution in [0.25, 0.3) is 0 Å². The molecule has 1 saturated heterocycles. The van der Waals surface area contributed by atoms with Crippen molar-refractivity contribution in [3.63, 3.8) is 0 Å². The lowest BCUT2D eigenvalue weighted by molar-refractivity contribution is 0.161. The number of halogens is 1. The fourth-order valence-electron chi connectivity index (χ4n) is 4.47. The molecule has 2 aromatic rings. The zero-order chi connectivity index (χ0) is 18.8. The van der Waals surface area contributed by atoms with E-state index < -0.39 is 0 Å². The van der Waals surface area contributed by atoms with E-state index in [1.54, 1.807) is 13.2 Å². The number of ether oxygens (including phenoxy) is 2. The summed E-state index contributed by atoms with van der Waals surface area (Å²) in [5.41, 5.74) is 1.96. The Morgan fingerprint density at radius 2 is 1.81 bits per heavy atom. The molecule has 1 aliphatic heterocycles. The van der Waals surface area contributed by atoms with Gasteiger partial charge in [-0.15, -0.1) is 0 Å². The molecule has 27 heavy (non-hydrogen) atoms. The molecule has 0 spiro atoms. The van der Waals surface area contributed by atoms with Crippen molar-refractivity contribution < 1.29 is 19.0 Å². The predicted octanol–water partition coefficient (Wildman–Crippen LogP) is 3.62. The number of hydrogen-bond donors (Lipinski definition) is 1. The zero-order valence-corrected chi connectivity index (χ0v) is 15.6. The van der Waals surface area contributed by atoms with Gasteiger partial charge in [0.15, 0.2) is 11.5 Å². The first-order valence-electron chi connectivity index (χ1n) is 9.55. The third-order valence-corrected chi connectivity index (χ3v) is 5.72. The van der Waals surface area contributed by atoms with Crippen LogP contribution in [0.15, 0.2) is 42.5 Å². The van der Waals surface area contributed by atoms with Gasteiger partial charge < -0.3 is 14.6 Å². The Bertz CT molecular complexity index is 783. The van der Waals surface area contributed by atoms with Crippen LogP contribution in [0.4, 0.5) is 4.39 Å². The molecular formula is C22H26FNO3. The lowest BCUT2D eigenvalue weighted by atomic mass is 10.0. The smallest absolute Gasteiger partial charge is 0.161 e. The largest absolute Gasteiger partial charge is 0.493 e. The third-order valence-electron chi connectivity index (χ3n) is 5.72. The number of methoxy groups -OCH3 is 1. The SMILES string of the molecule is COc1ccc(CN2C[C@H]3CC(O)C[C@H]3C2)cc1OCc1cccc(F)c1. The minimum absolute atomic E-state index is 0.106. The Hall–Kier alpha value is -2.11. The highest BCUT2D eigenvalue weighted by atomic mass is 19.1. The van der Waals surface area contributed by atoms with E-state index in [2.05, 4.69) is 11.0 Å². The van der Waals surface area contributed by atoms with Gasteiger partial charge in [0.2, 0.25) is 0 Å². The fourth-order valence-corrected chi connectivity index (χ4v) is 4.47. The van der Waals surface area contributed by atoms with Crippen LogP contribution in [0.3, 0.4) is 0 Å². The van der Waals surface area contributed by atoms with E-state index in [4.69, 9.17) is 9.47 Å². The molecule has 0 aromatic heterocycles. The van der Waals surface area contributed by atoms with Crippen molar-refractivity contribution in [3.05, 3.63) is 59.4 Å². The van der Waals surface area contributed by atoms with Crippen LogP contribution in [0, 0.1) is 17.7 Å². The van der Waals surface area contributed by atoms with Gasteiger partial charge in [0.1, 0.15) is 12.4 Å². The van der Waals surface area contributed by atoms with Gasteiger partial charge >= 0.3 is 0 Å². The summed E-state index contributed by atoms with van der Waals surface area (Å²) in [5, 5.41) is 9.80. The van der Waals surface area contributed by atoms with Crippen LogP contribution in [0.5, 0.6) is 11.5 Å². The first-order valence-corrected chi connectivity index (χ1v) is 9.55. The number of hydrogen-bond acceptors (Lipinski definition) is 4. The number of benzene rings is 2. The minimum Gasteiger partial charge on any atom is -0.493 e. The predicted molar refractivity (Wildman–Crippen MR) is 101 cm³/mol. The van der Waals surface area contributed by atoms with E-state index in [0.717, 1.165) is 38.0 Å². The van der Waals surface area contributed by atoms with Crippen LogP contribution >= 0.6 is 0 Å². The molecule has 0 radical (unpaired) electrons. The monoisotopic (exact) mass is 371 g/mol. The Morgan fingerprint density at radius 3 is 2.52 bits per heavy atom. The molecule has 1 aliphatic carbocycles. The molecule has 4 nitrogen and oxygen atoms in total. The molecule has 5 heteroatoms. The molecule has 144 valence electrons. The summed E-state index contributed by atoms with van der Waals surface area (Å²) in [7, 11) is 1.62. The molecule has 1 heterocycles. The number of fused-ring (bicyclic) bond motifs is 1. The van der Waals surface area contributed by atoms with E-state index in [0.29, 0.717) is 29.9 Å². The average molecular weight is 371 g/mol. The summed E-state index contributed by atoms with van der Waals surface area (Å²) in [6.45, 7) is 3.26. The lowest BCUT2D eigenvalue weighted by Crippen LogP contribution is -2.22. The molecule has 0 bridgehead atoms. The molecule has 3 atom stereocenters. The van der Waals surface area contributed by atoms with Crippen LogP contribution in [0.2, 0.25) is 0 Å². The highest BCUT2D eigenvalue weighted by Crippen LogP contribution is 2.39. The molecular weight excluding hydrogens is 345 g/mol. The highest BCUT2D eigenvalue weighted by Gasteiger charge is 2.39. The minimum atomic E-state index is -0.262. The van der Waals surface area contributed by atoms with Crippen molar-refractivity contribution >= 4 is 0 Å². The lowest BCUT2D eigenvalue weighted by Gasteiger charge is -2.19. The van der Waals surface area contributed by atoms with Gasteiger partial charge in [-0.05, 0) is 60.1 Å². The summed E-state index contributed by atoms with van der Waals surface area (Å²) in [4.78, 5) is 2.46. The maximum atomic E-state index is 13.3. The maximum Gasteiger partial charge on any atom is 0.161 e.